The molecule has 2 aromatic rings. The number of carbonyl (C=O) groups excluding carboxylic acids is 2. The Kier molecular flexibility index (Phi) is 6.37. The SMILES string of the molecule is O=C(CCc1ccccn1)Nc1cccc(C(=O)N2CCCCC2C(=O)O)c1. The third kappa shape index (κ3) is 4.94. The van der Waals surface area contributed by atoms with E-state index < -0.39 is 12.0 Å². The van der Waals surface area contributed by atoms with Crippen LogP contribution in [0, 0.1) is 0 Å². The number of nitrogens with one attached hydrogen (secondary N) is 1. The molecule has 28 heavy (non-hydrogen) atoms. The van der Waals surface area contributed by atoms with Crippen molar-refractivity contribution in [2.24, 2.45) is 0 Å². The molecule has 1 saturated heterocycles. The summed E-state index contributed by atoms with van der Waals surface area (Å²) in [6.07, 6.45) is 4.55. The Morgan fingerprint density at radius 2 is 2.00 bits per heavy atom. The molecule has 3 rings (SSSR count). The molecule has 0 bridgehead atoms. The van der Waals surface area contributed by atoms with Gasteiger partial charge in [-0.1, -0.05) is 12.1 Å². The number of anilines is 1. The van der Waals surface area contributed by atoms with Crippen molar-refractivity contribution in [2.45, 2.75) is 38.1 Å². The molecule has 7 heteroatoms. The number of amides is 2. The Morgan fingerprint density at radius 3 is 2.75 bits per heavy atom. The summed E-state index contributed by atoms with van der Waals surface area (Å²) in [6.45, 7) is 0.427. The molecule has 0 spiro atoms. The average Bonchev–Trinajstić information content (AvgIpc) is 2.72. The molecule has 146 valence electrons. The van der Waals surface area contributed by atoms with E-state index in [9.17, 15) is 19.5 Å². The topological polar surface area (TPSA) is 99.6 Å². The molecular formula is C21H23N3O4. The standard InChI is InChI=1S/C21H23N3O4/c25-19(11-10-16-7-1-3-12-22-16)23-17-8-5-6-15(14-17)20(26)24-13-4-2-9-18(24)21(27)28/h1,3,5-8,12,14,18H,2,4,9-11,13H2,(H,23,25)(H,27,28). The molecule has 1 atom stereocenters. The zero-order chi connectivity index (χ0) is 19.9. The van der Waals surface area contributed by atoms with Crippen molar-refractivity contribution in [3.63, 3.8) is 0 Å². The van der Waals surface area contributed by atoms with Gasteiger partial charge in [0.1, 0.15) is 6.04 Å². The van der Waals surface area contributed by atoms with Crippen LogP contribution in [-0.2, 0) is 16.0 Å². The molecule has 1 aliphatic rings. The second-order valence-corrected chi connectivity index (χ2v) is 6.80. The maximum atomic E-state index is 12.8. The molecule has 1 aliphatic heterocycles. The first-order chi connectivity index (χ1) is 13.5. The lowest BCUT2D eigenvalue weighted by atomic mass is 10.0. The van der Waals surface area contributed by atoms with E-state index >= 15 is 0 Å². The minimum Gasteiger partial charge on any atom is -0.480 e. The van der Waals surface area contributed by atoms with Crippen LogP contribution in [0.5, 0.6) is 0 Å². The summed E-state index contributed by atoms with van der Waals surface area (Å²) in [5.41, 5.74) is 1.72. The number of carboxylic acid groups (broad SMARTS) is 1. The summed E-state index contributed by atoms with van der Waals surface area (Å²) in [4.78, 5) is 42.0. The first-order valence-electron chi connectivity index (χ1n) is 9.38. The van der Waals surface area contributed by atoms with Gasteiger partial charge in [0.05, 0.1) is 0 Å². The van der Waals surface area contributed by atoms with Crippen LogP contribution in [0.15, 0.2) is 48.7 Å². The number of carboxylic acids is 1. The number of aliphatic carboxylic acids is 1. The highest BCUT2D eigenvalue weighted by Gasteiger charge is 2.32. The number of aryl methyl sites for hydroxylation is 1. The highest BCUT2D eigenvalue weighted by molar-refractivity contribution is 5.99. The number of hydrogen-bond donors (Lipinski definition) is 2. The van der Waals surface area contributed by atoms with Crippen LogP contribution in [0.3, 0.4) is 0 Å². The van der Waals surface area contributed by atoms with E-state index in [1.54, 1.807) is 30.5 Å². The highest BCUT2D eigenvalue weighted by atomic mass is 16.4. The molecule has 0 radical (unpaired) electrons. The molecule has 7 nitrogen and oxygen atoms in total. The molecule has 1 unspecified atom stereocenters. The van der Waals surface area contributed by atoms with E-state index in [4.69, 9.17) is 0 Å². The highest BCUT2D eigenvalue weighted by Crippen LogP contribution is 2.21. The van der Waals surface area contributed by atoms with Crippen LogP contribution in [0.25, 0.3) is 0 Å². The van der Waals surface area contributed by atoms with Gasteiger partial charge in [0.25, 0.3) is 5.91 Å². The molecule has 0 saturated carbocycles. The lowest BCUT2D eigenvalue weighted by Crippen LogP contribution is -2.48. The summed E-state index contributed by atoms with van der Waals surface area (Å²) in [7, 11) is 0. The smallest absolute Gasteiger partial charge is 0.326 e. The van der Waals surface area contributed by atoms with Crippen LogP contribution in [0.1, 0.15) is 41.7 Å². The van der Waals surface area contributed by atoms with Crippen molar-refractivity contribution >= 4 is 23.5 Å². The van der Waals surface area contributed by atoms with Crippen molar-refractivity contribution < 1.29 is 19.5 Å². The van der Waals surface area contributed by atoms with Gasteiger partial charge in [-0.3, -0.25) is 14.6 Å². The summed E-state index contributed by atoms with van der Waals surface area (Å²) < 4.78 is 0. The van der Waals surface area contributed by atoms with Gasteiger partial charge >= 0.3 is 5.97 Å². The number of benzene rings is 1. The quantitative estimate of drug-likeness (QED) is 0.801. The van der Waals surface area contributed by atoms with Gasteiger partial charge in [0, 0.05) is 36.1 Å². The van der Waals surface area contributed by atoms with Gasteiger partial charge in [-0.2, -0.15) is 0 Å². The van der Waals surface area contributed by atoms with E-state index in [0.717, 1.165) is 18.5 Å². The Balaban J connectivity index is 1.63. The van der Waals surface area contributed by atoms with Gasteiger partial charge in [0.2, 0.25) is 5.91 Å². The van der Waals surface area contributed by atoms with E-state index in [1.165, 1.54) is 4.90 Å². The fourth-order valence-corrected chi connectivity index (χ4v) is 3.34. The second-order valence-electron chi connectivity index (χ2n) is 6.80. The molecule has 1 aromatic carbocycles. The van der Waals surface area contributed by atoms with E-state index in [2.05, 4.69) is 10.3 Å². The minimum absolute atomic E-state index is 0.170. The fraction of sp³-hybridized carbons (Fsp3) is 0.333. The molecule has 1 aromatic heterocycles. The number of aromatic nitrogens is 1. The average molecular weight is 381 g/mol. The molecular weight excluding hydrogens is 358 g/mol. The predicted octanol–water partition coefficient (Wildman–Crippen LogP) is 2.73. The lowest BCUT2D eigenvalue weighted by Gasteiger charge is -2.33. The Morgan fingerprint density at radius 1 is 1.14 bits per heavy atom. The van der Waals surface area contributed by atoms with Gasteiger partial charge in [-0.25, -0.2) is 4.79 Å². The molecule has 2 amide bonds. The maximum Gasteiger partial charge on any atom is 0.326 e. The molecule has 2 heterocycles. The van der Waals surface area contributed by atoms with Crippen molar-refractivity contribution in [3.8, 4) is 0 Å². The van der Waals surface area contributed by atoms with Crippen LogP contribution >= 0.6 is 0 Å². The minimum atomic E-state index is -0.980. The second kappa shape index (κ2) is 9.12. The first-order valence-corrected chi connectivity index (χ1v) is 9.38. The van der Waals surface area contributed by atoms with Crippen molar-refractivity contribution in [1.82, 2.24) is 9.88 Å². The third-order valence-electron chi connectivity index (χ3n) is 4.78. The summed E-state index contributed by atoms with van der Waals surface area (Å²) >= 11 is 0. The van der Waals surface area contributed by atoms with Crippen molar-refractivity contribution in [1.29, 1.82) is 0 Å². The summed E-state index contributed by atoms with van der Waals surface area (Å²) in [6, 6.07) is 11.4. The number of hydrogen-bond acceptors (Lipinski definition) is 4. The number of carbonyl (C=O) groups is 3. The van der Waals surface area contributed by atoms with Crippen LogP contribution in [0.4, 0.5) is 5.69 Å². The third-order valence-corrected chi connectivity index (χ3v) is 4.78. The van der Waals surface area contributed by atoms with Crippen LogP contribution in [0.2, 0.25) is 0 Å². The number of pyridine rings is 1. The van der Waals surface area contributed by atoms with E-state index in [-0.39, 0.29) is 18.2 Å². The van der Waals surface area contributed by atoms with Gasteiger partial charge in [-0.15, -0.1) is 0 Å². The van der Waals surface area contributed by atoms with Crippen molar-refractivity contribution in [2.75, 3.05) is 11.9 Å². The zero-order valence-corrected chi connectivity index (χ0v) is 15.5. The summed E-state index contributed by atoms with van der Waals surface area (Å²) in [5, 5.41) is 12.2. The van der Waals surface area contributed by atoms with E-state index in [1.807, 2.05) is 18.2 Å². The Labute approximate surface area is 163 Å². The molecule has 0 aliphatic carbocycles. The largest absolute Gasteiger partial charge is 0.480 e. The monoisotopic (exact) mass is 381 g/mol. The number of nitrogens with zero attached hydrogens (tertiary/aromatic N) is 2. The number of rotatable bonds is 6. The van der Waals surface area contributed by atoms with Crippen LogP contribution in [-0.4, -0.2) is 45.4 Å². The number of likely N-dealkylation sites (tertiary alicyclic amines) is 1. The molecule has 1 fully saturated rings. The van der Waals surface area contributed by atoms with Crippen molar-refractivity contribution in [3.05, 3.63) is 59.9 Å². The van der Waals surface area contributed by atoms with E-state index in [0.29, 0.717) is 30.6 Å². The Hall–Kier alpha value is -3.22. The van der Waals surface area contributed by atoms with Gasteiger partial charge in [-0.05, 0) is 56.0 Å². The summed E-state index contributed by atoms with van der Waals surface area (Å²) in [5.74, 6) is -1.47. The molecule has 2 N–H and O–H groups in total. The number of piperidine rings is 1. The predicted molar refractivity (Wildman–Crippen MR) is 104 cm³/mol. The van der Waals surface area contributed by atoms with Gasteiger partial charge < -0.3 is 15.3 Å². The van der Waals surface area contributed by atoms with Gasteiger partial charge in [0.15, 0.2) is 0 Å². The lowest BCUT2D eigenvalue weighted by molar-refractivity contribution is -0.143. The first kappa shape index (κ1) is 19.5. The normalized spacial score (nSPS) is 16.4. The zero-order valence-electron chi connectivity index (χ0n) is 15.5. The fourth-order valence-electron chi connectivity index (χ4n) is 3.34. The maximum absolute atomic E-state index is 12.8. The van der Waals surface area contributed by atoms with Crippen LogP contribution < -0.4 is 5.32 Å². The Bertz CT molecular complexity index is 854.